The van der Waals surface area contributed by atoms with Crippen molar-refractivity contribution in [2.75, 3.05) is 7.11 Å². The van der Waals surface area contributed by atoms with Crippen molar-refractivity contribution in [3.8, 4) is 11.5 Å². The molecule has 0 heterocycles. The highest BCUT2D eigenvalue weighted by atomic mass is 35.5. The van der Waals surface area contributed by atoms with Crippen molar-refractivity contribution in [3.05, 3.63) is 22.2 Å². The van der Waals surface area contributed by atoms with E-state index in [1.807, 2.05) is 6.92 Å². The van der Waals surface area contributed by atoms with Gasteiger partial charge in [0.15, 0.2) is 11.5 Å². The molecule has 19 heavy (non-hydrogen) atoms. The number of rotatable bonds is 3. The maximum atomic E-state index is 10.8. The van der Waals surface area contributed by atoms with E-state index < -0.39 is 5.54 Å². The molecular formula is C14H16ClNO3. The van der Waals surface area contributed by atoms with Crippen molar-refractivity contribution in [1.29, 1.82) is 0 Å². The second-order valence-electron chi connectivity index (χ2n) is 4.88. The van der Waals surface area contributed by atoms with E-state index in [-0.39, 0.29) is 11.5 Å². The number of ether oxygens (including phenoxy) is 1. The van der Waals surface area contributed by atoms with Gasteiger partial charge in [-0.15, -0.1) is 0 Å². The Kier molecular flexibility index (Phi) is 3.83. The largest absolute Gasteiger partial charge is 0.504 e. The molecule has 0 aromatic heterocycles. The zero-order valence-electron chi connectivity index (χ0n) is 11.0. The summed E-state index contributed by atoms with van der Waals surface area (Å²) in [5.41, 5.74) is 0.957. The molecule has 1 saturated carbocycles. The van der Waals surface area contributed by atoms with Gasteiger partial charge in [0.1, 0.15) is 5.54 Å². The Hall–Kier alpha value is -1.51. The van der Waals surface area contributed by atoms with Crippen LogP contribution in [-0.4, -0.2) is 18.3 Å². The first-order valence-electron chi connectivity index (χ1n) is 6.21. The first-order chi connectivity index (χ1) is 9.05. The van der Waals surface area contributed by atoms with Gasteiger partial charge in [-0.3, -0.25) is 0 Å². The van der Waals surface area contributed by atoms with Crippen LogP contribution in [-0.2, 0) is 10.3 Å². The number of phenolic OH excluding ortho intramolecular Hbond substituents is 1. The Bertz CT molecular complexity index is 544. The van der Waals surface area contributed by atoms with Crippen molar-refractivity contribution in [2.24, 2.45) is 4.99 Å². The number of isocyanates is 1. The third-order valence-corrected chi connectivity index (χ3v) is 4.12. The molecule has 1 aromatic rings. The molecule has 0 bridgehead atoms. The number of methoxy groups -OCH3 is 1. The second kappa shape index (κ2) is 5.24. The molecule has 0 unspecified atom stereocenters. The summed E-state index contributed by atoms with van der Waals surface area (Å²) in [4.78, 5) is 14.8. The van der Waals surface area contributed by atoms with E-state index in [1.165, 1.54) is 7.11 Å². The molecule has 1 N–H and O–H groups in total. The molecule has 1 aromatic carbocycles. The van der Waals surface area contributed by atoms with E-state index in [4.69, 9.17) is 16.3 Å². The van der Waals surface area contributed by atoms with Crippen LogP contribution in [0, 0.1) is 6.92 Å². The van der Waals surface area contributed by atoms with Crippen LogP contribution >= 0.6 is 11.6 Å². The van der Waals surface area contributed by atoms with Gasteiger partial charge in [0.05, 0.1) is 12.1 Å². The molecule has 1 fully saturated rings. The quantitative estimate of drug-likeness (QED) is 0.682. The Morgan fingerprint density at radius 3 is 2.63 bits per heavy atom. The predicted octanol–water partition coefficient (Wildman–Crippen LogP) is 3.47. The molecule has 1 aliphatic carbocycles. The summed E-state index contributed by atoms with van der Waals surface area (Å²) >= 11 is 6.35. The van der Waals surface area contributed by atoms with Crippen LogP contribution < -0.4 is 4.74 Å². The van der Waals surface area contributed by atoms with Crippen LogP contribution in [0.5, 0.6) is 11.5 Å². The van der Waals surface area contributed by atoms with E-state index in [2.05, 4.69) is 4.99 Å². The highest BCUT2D eigenvalue weighted by Crippen LogP contribution is 2.50. The minimum atomic E-state index is -0.621. The molecule has 1 aliphatic rings. The molecule has 0 atom stereocenters. The van der Waals surface area contributed by atoms with Crippen molar-refractivity contribution in [2.45, 2.75) is 38.1 Å². The number of nitrogens with zero attached hydrogens (tertiary/aromatic N) is 1. The van der Waals surface area contributed by atoms with Crippen LogP contribution in [0.3, 0.4) is 0 Å². The van der Waals surface area contributed by atoms with E-state index in [9.17, 15) is 9.90 Å². The van der Waals surface area contributed by atoms with E-state index in [0.717, 1.165) is 36.8 Å². The molecule has 0 spiro atoms. The fourth-order valence-corrected chi connectivity index (χ4v) is 3.47. The smallest absolute Gasteiger partial charge is 0.235 e. The number of benzene rings is 1. The highest BCUT2D eigenvalue weighted by Gasteiger charge is 2.39. The lowest BCUT2D eigenvalue weighted by Gasteiger charge is -2.27. The van der Waals surface area contributed by atoms with Crippen molar-refractivity contribution >= 4 is 17.7 Å². The van der Waals surface area contributed by atoms with Crippen molar-refractivity contribution < 1.29 is 14.6 Å². The number of hydrogen-bond donors (Lipinski definition) is 1. The van der Waals surface area contributed by atoms with Gasteiger partial charge < -0.3 is 9.84 Å². The Labute approximate surface area is 117 Å². The van der Waals surface area contributed by atoms with Gasteiger partial charge in [-0.25, -0.2) is 4.79 Å². The van der Waals surface area contributed by atoms with Crippen molar-refractivity contribution in [3.63, 3.8) is 0 Å². The highest BCUT2D eigenvalue weighted by molar-refractivity contribution is 6.33. The van der Waals surface area contributed by atoms with Gasteiger partial charge >= 0.3 is 0 Å². The van der Waals surface area contributed by atoms with Gasteiger partial charge in [0, 0.05) is 5.56 Å². The number of hydrogen-bond acceptors (Lipinski definition) is 4. The van der Waals surface area contributed by atoms with Gasteiger partial charge in [-0.1, -0.05) is 24.4 Å². The number of aromatic hydroxyl groups is 1. The van der Waals surface area contributed by atoms with Crippen molar-refractivity contribution in [1.82, 2.24) is 0 Å². The van der Waals surface area contributed by atoms with E-state index >= 15 is 0 Å². The molecule has 0 amide bonds. The lowest BCUT2D eigenvalue weighted by atomic mass is 9.85. The number of aryl methyl sites for hydroxylation is 1. The molecule has 5 heteroatoms. The maximum Gasteiger partial charge on any atom is 0.235 e. The molecule has 102 valence electrons. The minimum Gasteiger partial charge on any atom is -0.504 e. The summed E-state index contributed by atoms with van der Waals surface area (Å²) in [6.45, 7) is 1.85. The summed E-state index contributed by atoms with van der Waals surface area (Å²) in [7, 11) is 1.45. The first kappa shape index (κ1) is 13.9. The SMILES string of the molecule is COc1c(O)cc(C)c(C2(N=C=O)CCCC2)c1Cl. The Balaban J connectivity index is 2.70. The average molecular weight is 282 g/mol. The predicted molar refractivity (Wildman–Crippen MR) is 72.7 cm³/mol. The molecular weight excluding hydrogens is 266 g/mol. The lowest BCUT2D eigenvalue weighted by Crippen LogP contribution is -2.21. The number of aliphatic imine (C=N–C) groups is 1. The Morgan fingerprint density at radius 2 is 2.11 bits per heavy atom. The van der Waals surface area contributed by atoms with Crippen LogP contribution in [0.4, 0.5) is 0 Å². The third kappa shape index (κ3) is 2.22. The van der Waals surface area contributed by atoms with Crippen LogP contribution in [0.2, 0.25) is 5.02 Å². The summed E-state index contributed by atoms with van der Waals surface area (Å²) in [6, 6.07) is 1.60. The summed E-state index contributed by atoms with van der Waals surface area (Å²) in [5, 5.41) is 10.2. The summed E-state index contributed by atoms with van der Waals surface area (Å²) < 4.78 is 5.13. The van der Waals surface area contributed by atoms with E-state index in [0.29, 0.717) is 5.02 Å². The van der Waals surface area contributed by atoms with E-state index in [1.54, 1.807) is 12.1 Å². The number of carbonyl (C=O) groups excluding carboxylic acids is 1. The fourth-order valence-electron chi connectivity index (χ4n) is 2.97. The maximum absolute atomic E-state index is 10.8. The van der Waals surface area contributed by atoms with Crippen LogP contribution in [0.15, 0.2) is 11.1 Å². The lowest BCUT2D eigenvalue weighted by molar-refractivity contribution is 0.369. The Morgan fingerprint density at radius 1 is 1.47 bits per heavy atom. The average Bonchev–Trinajstić information content (AvgIpc) is 2.78. The first-order valence-corrected chi connectivity index (χ1v) is 6.59. The number of phenols is 1. The molecule has 0 radical (unpaired) electrons. The zero-order chi connectivity index (χ0) is 14.0. The topological polar surface area (TPSA) is 58.9 Å². The molecule has 0 aliphatic heterocycles. The van der Waals surface area contributed by atoms with Gasteiger partial charge in [-0.05, 0) is 31.4 Å². The summed E-state index contributed by atoms with van der Waals surface area (Å²) in [6.07, 6.45) is 5.17. The monoisotopic (exact) mass is 281 g/mol. The van der Waals surface area contributed by atoms with Crippen LogP contribution in [0.1, 0.15) is 36.8 Å². The number of halogens is 1. The minimum absolute atomic E-state index is 0.00280. The fraction of sp³-hybridized carbons (Fsp3) is 0.500. The normalized spacial score (nSPS) is 17.0. The second-order valence-corrected chi connectivity index (χ2v) is 5.25. The third-order valence-electron chi connectivity index (χ3n) is 3.76. The van der Waals surface area contributed by atoms with Crippen LogP contribution in [0.25, 0.3) is 0 Å². The molecule has 4 nitrogen and oxygen atoms in total. The standard InChI is InChI=1S/C14H16ClNO3/c1-9-7-10(18)13(19-2)12(15)11(9)14(16-8-17)5-3-4-6-14/h7,18H,3-6H2,1-2H3. The zero-order valence-corrected chi connectivity index (χ0v) is 11.8. The van der Waals surface area contributed by atoms with Gasteiger partial charge in [-0.2, -0.15) is 4.99 Å². The summed E-state index contributed by atoms with van der Waals surface area (Å²) in [5.74, 6) is 0.228. The molecule has 0 saturated heterocycles. The molecule has 2 rings (SSSR count). The van der Waals surface area contributed by atoms with Gasteiger partial charge in [0.25, 0.3) is 0 Å². The van der Waals surface area contributed by atoms with Gasteiger partial charge in [0.2, 0.25) is 6.08 Å².